The van der Waals surface area contributed by atoms with Gasteiger partial charge in [-0.3, -0.25) is 4.79 Å². The Morgan fingerprint density at radius 3 is 2.77 bits per heavy atom. The Morgan fingerprint density at radius 1 is 1.54 bits per heavy atom. The van der Waals surface area contributed by atoms with Gasteiger partial charge in [-0.2, -0.15) is 11.8 Å². The molecule has 0 bridgehead atoms. The molecule has 1 amide bonds. The number of amides is 1. The van der Waals surface area contributed by atoms with E-state index in [0.717, 1.165) is 0 Å². The summed E-state index contributed by atoms with van der Waals surface area (Å²) in [5.41, 5.74) is 0. The van der Waals surface area contributed by atoms with Crippen LogP contribution in [0.1, 0.15) is 6.42 Å². The zero-order valence-corrected chi connectivity index (χ0v) is 9.68. The molecule has 0 aliphatic carbocycles. The summed E-state index contributed by atoms with van der Waals surface area (Å²) in [6.45, 7) is 1.16. The lowest BCUT2D eigenvalue weighted by atomic mass is 10.2. The van der Waals surface area contributed by atoms with Crippen molar-refractivity contribution in [1.29, 1.82) is 0 Å². The molecule has 5 heteroatoms. The minimum Gasteiger partial charge on any atom is -0.336 e. The molecule has 0 atom stereocenters. The normalized spacial score (nSPS) is 17.9. The Balaban J connectivity index is 2.53. The summed E-state index contributed by atoms with van der Waals surface area (Å²) in [4.78, 5) is 13.2. The molecular formula is C8H11Cl2NOS. The van der Waals surface area contributed by atoms with Crippen molar-refractivity contribution in [2.24, 2.45) is 0 Å². The SMILES string of the molecule is CSCC(=O)N1CCC(Cl)=C(Cl)C1. The maximum absolute atomic E-state index is 11.4. The van der Waals surface area contributed by atoms with Crippen molar-refractivity contribution >= 4 is 40.9 Å². The van der Waals surface area contributed by atoms with Crippen LogP contribution in [-0.2, 0) is 4.79 Å². The van der Waals surface area contributed by atoms with Crippen LogP contribution in [-0.4, -0.2) is 35.9 Å². The first-order valence-corrected chi connectivity index (χ1v) is 6.10. The number of thioether (sulfide) groups is 1. The molecule has 0 spiro atoms. The lowest BCUT2D eigenvalue weighted by Crippen LogP contribution is -2.36. The van der Waals surface area contributed by atoms with Crippen molar-refractivity contribution in [3.8, 4) is 0 Å². The lowest BCUT2D eigenvalue weighted by Gasteiger charge is -2.26. The average Bonchev–Trinajstić information content (AvgIpc) is 2.10. The zero-order valence-electron chi connectivity index (χ0n) is 7.35. The highest BCUT2D eigenvalue weighted by atomic mass is 35.5. The Hall–Kier alpha value is 0.140. The second kappa shape index (κ2) is 5.13. The highest BCUT2D eigenvalue weighted by Crippen LogP contribution is 2.24. The van der Waals surface area contributed by atoms with E-state index in [-0.39, 0.29) is 5.91 Å². The van der Waals surface area contributed by atoms with E-state index in [1.54, 1.807) is 4.90 Å². The number of carbonyl (C=O) groups excluding carboxylic acids is 1. The number of nitrogens with zero attached hydrogens (tertiary/aromatic N) is 1. The third kappa shape index (κ3) is 3.08. The van der Waals surface area contributed by atoms with E-state index in [9.17, 15) is 4.79 Å². The first-order chi connectivity index (χ1) is 6.15. The molecule has 1 heterocycles. The second-order valence-corrected chi connectivity index (χ2v) is 4.59. The number of carbonyl (C=O) groups is 1. The van der Waals surface area contributed by atoms with E-state index in [1.165, 1.54) is 11.8 Å². The quantitative estimate of drug-likeness (QED) is 0.738. The van der Waals surface area contributed by atoms with E-state index in [0.29, 0.717) is 35.3 Å². The molecule has 1 rings (SSSR count). The van der Waals surface area contributed by atoms with E-state index in [2.05, 4.69) is 0 Å². The standard InChI is InChI=1S/C8H11Cl2NOS/c1-13-5-8(12)11-3-2-6(9)7(10)4-11/h2-5H2,1H3. The first kappa shape index (κ1) is 11.2. The molecule has 0 fully saturated rings. The van der Waals surface area contributed by atoms with Crippen LogP contribution in [0, 0.1) is 0 Å². The summed E-state index contributed by atoms with van der Waals surface area (Å²) < 4.78 is 0. The predicted octanol–water partition coefficient (Wildman–Crippen LogP) is 2.27. The van der Waals surface area contributed by atoms with E-state index in [1.807, 2.05) is 6.26 Å². The van der Waals surface area contributed by atoms with Crippen molar-refractivity contribution in [3.63, 3.8) is 0 Å². The maximum Gasteiger partial charge on any atom is 0.232 e. The molecule has 13 heavy (non-hydrogen) atoms. The van der Waals surface area contributed by atoms with Crippen molar-refractivity contribution in [2.45, 2.75) is 6.42 Å². The Bertz CT molecular complexity index is 242. The molecule has 0 radical (unpaired) electrons. The highest BCUT2D eigenvalue weighted by molar-refractivity contribution is 7.99. The van der Waals surface area contributed by atoms with Gasteiger partial charge in [0.15, 0.2) is 0 Å². The fraction of sp³-hybridized carbons (Fsp3) is 0.625. The maximum atomic E-state index is 11.4. The molecule has 0 aromatic carbocycles. The van der Waals surface area contributed by atoms with Gasteiger partial charge in [0.1, 0.15) is 0 Å². The summed E-state index contributed by atoms with van der Waals surface area (Å²) in [5, 5.41) is 1.29. The highest BCUT2D eigenvalue weighted by Gasteiger charge is 2.20. The zero-order chi connectivity index (χ0) is 9.84. The number of hydrogen-bond donors (Lipinski definition) is 0. The fourth-order valence-electron chi connectivity index (χ4n) is 1.13. The molecule has 74 valence electrons. The van der Waals surface area contributed by atoms with Gasteiger partial charge in [-0.15, -0.1) is 0 Å². The Morgan fingerprint density at radius 2 is 2.23 bits per heavy atom. The predicted molar refractivity (Wildman–Crippen MR) is 58.3 cm³/mol. The smallest absolute Gasteiger partial charge is 0.232 e. The molecular weight excluding hydrogens is 229 g/mol. The summed E-state index contributed by atoms with van der Waals surface area (Å²) in [7, 11) is 0. The minimum absolute atomic E-state index is 0.134. The molecule has 0 N–H and O–H groups in total. The van der Waals surface area contributed by atoms with Crippen LogP contribution in [0.3, 0.4) is 0 Å². The van der Waals surface area contributed by atoms with Gasteiger partial charge in [0, 0.05) is 18.0 Å². The van der Waals surface area contributed by atoms with Crippen molar-refractivity contribution in [3.05, 3.63) is 10.1 Å². The van der Waals surface area contributed by atoms with Gasteiger partial charge in [-0.05, 0) is 6.26 Å². The van der Waals surface area contributed by atoms with Crippen LogP contribution in [0.25, 0.3) is 0 Å². The van der Waals surface area contributed by atoms with Gasteiger partial charge in [0.25, 0.3) is 0 Å². The summed E-state index contributed by atoms with van der Waals surface area (Å²) >= 11 is 13.2. The van der Waals surface area contributed by atoms with Gasteiger partial charge < -0.3 is 4.90 Å². The van der Waals surface area contributed by atoms with Crippen molar-refractivity contribution < 1.29 is 4.79 Å². The number of rotatable bonds is 2. The molecule has 1 aliphatic rings. The third-order valence-electron chi connectivity index (χ3n) is 1.85. The Labute approximate surface area is 92.2 Å². The fourth-order valence-corrected chi connectivity index (χ4v) is 1.94. The van der Waals surface area contributed by atoms with Crippen molar-refractivity contribution in [2.75, 3.05) is 25.1 Å². The topological polar surface area (TPSA) is 20.3 Å². The van der Waals surface area contributed by atoms with Crippen LogP contribution in [0.15, 0.2) is 10.1 Å². The van der Waals surface area contributed by atoms with Gasteiger partial charge >= 0.3 is 0 Å². The molecule has 0 aromatic heterocycles. The molecule has 2 nitrogen and oxygen atoms in total. The number of halogens is 2. The van der Waals surface area contributed by atoms with Crippen molar-refractivity contribution in [1.82, 2.24) is 4.90 Å². The number of hydrogen-bond acceptors (Lipinski definition) is 2. The Kier molecular flexibility index (Phi) is 4.42. The lowest BCUT2D eigenvalue weighted by molar-refractivity contribution is -0.128. The molecule has 1 aliphatic heterocycles. The van der Waals surface area contributed by atoms with Crippen LogP contribution in [0.5, 0.6) is 0 Å². The minimum atomic E-state index is 0.134. The molecule has 0 aromatic rings. The van der Waals surface area contributed by atoms with Gasteiger partial charge in [-0.1, -0.05) is 23.2 Å². The average molecular weight is 240 g/mol. The second-order valence-electron chi connectivity index (χ2n) is 2.81. The van der Waals surface area contributed by atoms with Gasteiger partial charge in [-0.25, -0.2) is 0 Å². The van der Waals surface area contributed by atoms with Gasteiger partial charge in [0.2, 0.25) is 5.91 Å². The monoisotopic (exact) mass is 239 g/mol. The van der Waals surface area contributed by atoms with Crippen LogP contribution < -0.4 is 0 Å². The first-order valence-electron chi connectivity index (χ1n) is 3.95. The van der Waals surface area contributed by atoms with Crippen LogP contribution in [0.4, 0.5) is 0 Å². The van der Waals surface area contributed by atoms with Crippen LogP contribution in [0.2, 0.25) is 0 Å². The molecule has 0 saturated carbocycles. The summed E-state index contributed by atoms with van der Waals surface area (Å²) in [6, 6.07) is 0. The van der Waals surface area contributed by atoms with Crippen LogP contribution >= 0.6 is 35.0 Å². The third-order valence-corrected chi connectivity index (χ3v) is 3.24. The van der Waals surface area contributed by atoms with E-state index < -0.39 is 0 Å². The molecule has 0 unspecified atom stereocenters. The van der Waals surface area contributed by atoms with E-state index >= 15 is 0 Å². The summed E-state index contributed by atoms with van der Waals surface area (Å²) in [5.74, 6) is 0.650. The molecule has 0 saturated heterocycles. The largest absolute Gasteiger partial charge is 0.336 e. The van der Waals surface area contributed by atoms with Gasteiger partial charge in [0.05, 0.1) is 17.3 Å². The summed E-state index contributed by atoms with van der Waals surface area (Å²) in [6.07, 6.45) is 2.59. The van der Waals surface area contributed by atoms with E-state index in [4.69, 9.17) is 23.2 Å².